The van der Waals surface area contributed by atoms with Gasteiger partial charge in [0, 0.05) is 5.02 Å². The molecule has 5 heteroatoms. The summed E-state index contributed by atoms with van der Waals surface area (Å²) in [6.45, 7) is 1.57. The summed E-state index contributed by atoms with van der Waals surface area (Å²) in [7, 11) is 0. The van der Waals surface area contributed by atoms with E-state index in [2.05, 4.69) is 0 Å². The van der Waals surface area contributed by atoms with Crippen molar-refractivity contribution in [1.29, 1.82) is 0 Å². The van der Waals surface area contributed by atoms with Gasteiger partial charge >= 0.3 is 0 Å². The minimum absolute atomic E-state index is 0.210. The van der Waals surface area contributed by atoms with Crippen LogP contribution < -0.4 is 11.5 Å². The highest BCUT2D eigenvalue weighted by atomic mass is 35.5. The van der Waals surface area contributed by atoms with E-state index in [1.54, 1.807) is 6.92 Å². The van der Waals surface area contributed by atoms with Gasteiger partial charge in [-0.25, -0.2) is 4.39 Å². The van der Waals surface area contributed by atoms with Crippen molar-refractivity contribution < 1.29 is 9.18 Å². The van der Waals surface area contributed by atoms with Gasteiger partial charge in [-0.1, -0.05) is 11.6 Å². The number of halogens is 2. The Morgan fingerprint density at radius 2 is 2.14 bits per heavy atom. The van der Waals surface area contributed by atoms with E-state index in [-0.39, 0.29) is 10.6 Å². The van der Waals surface area contributed by atoms with E-state index < -0.39 is 17.8 Å². The van der Waals surface area contributed by atoms with Gasteiger partial charge in [0.2, 0.25) is 5.91 Å². The molecule has 1 unspecified atom stereocenters. The second-order valence-electron chi connectivity index (χ2n) is 3.00. The molecule has 0 radical (unpaired) electrons. The molecule has 76 valence electrons. The lowest BCUT2D eigenvalue weighted by Gasteiger charge is -2.10. The van der Waals surface area contributed by atoms with Crippen LogP contribution in [0.4, 0.5) is 4.39 Å². The highest BCUT2D eigenvalue weighted by Gasteiger charge is 2.17. The first-order valence-corrected chi connectivity index (χ1v) is 4.31. The van der Waals surface area contributed by atoms with Gasteiger partial charge in [0.25, 0.3) is 0 Å². The summed E-state index contributed by atoms with van der Waals surface area (Å²) in [4.78, 5) is 10.8. The van der Waals surface area contributed by atoms with Gasteiger partial charge in [-0.15, -0.1) is 0 Å². The fourth-order valence-electron chi connectivity index (χ4n) is 1.05. The second kappa shape index (κ2) is 3.94. The highest BCUT2D eigenvalue weighted by molar-refractivity contribution is 6.31. The van der Waals surface area contributed by atoms with E-state index in [0.29, 0.717) is 5.56 Å². The first-order valence-electron chi connectivity index (χ1n) is 3.94. The Bertz CT molecular complexity index is 381. The molecule has 1 atom stereocenters. The van der Waals surface area contributed by atoms with Gasteiger partial charge in [-0.3, -0.25) is 4.79 Å². The predicted molar refractivity (Wildman–Crippen MR) is 52.3 cm³/mol. The molecule has 0 bridgehead atoms. The van der Waals surface area contributed by atoms with Crippen LogP contribution in [0.5, 0.6) is 0 Å². The molecule has 0 aliphatic rings. The second-order valence-corrected chi connectivity index (χ2v) is 3.41. The number of benzene rings is 1. The van der Waals surface area contributed by atoms with Crippen molar-refractivity contribution in [2.24, 2.45) is 11.5 Å². The van der Waals surface area contributed by atoms with Crippen LogP contribution in [0.1, 0.15) is 17.2 Å². The maximum absolute atomic E-state index is 13.1. The van der Waals surface area contributed by atoms with E-state index in [1.807, 2.05) is 0 Å². The largest absolute Gasteiger partial charge is 0.368 e. The molecule has 0 saturated heterocycles. The topological polar surface area (TPSA) is 69.1 Å². The summed E-state index contributed by atoms with van der Waals surface area (Å²) in [5.74, 6) is -1.20. The Kier molecular flexibility index (Phi) is 3.08. The first-order chi connectivity index (χ1) is 6.43. The molecule has 0 saturated carbocycles. The molecule has 0 aliphatic carbocycles. The molecular formula is C9H10ClFN2O. The average molecular weight is 217 g/mol. The quantitative estimate of drug-likeness (QED) is 0.782. The van der Waals surface area contributed by atoms with Crippen molar-refractivity contribution in [2.45, 2.75) is 13.0 Å². The van der Waals surface area contributed by atoms with Crippen LogP contribution in [0.15, 0.2) is 12.1 Å². The number of hydrogen-bond donors (Lipinski definition) is 2. The van der Waals surface area contributed by atoms with Crippen LogP contribution in [0.3, 0.4) is 0 Å². The third kappa shape index (κ3) is 2.02. The summed E-state index contributed by atoms with van der Waals surface area (Å²) in [5, 5.41) is 0.246. The smallest absolute Gasteiger partial charge is 0.238 e. The minimum Gasteiger partial charge on any atom is -0.368 e. The van der Waals surface area contributed by atoms with Gasteiger partial charge < -0.3 is 11.5 Å². The van der Waals surface area contributed by atoms with Crippen LogP contribution >= 0.6 is 11.6 Å². The van der Waals surface area contributed by atoms with Crippen molar-refractivity contribution in [2.75, 3.05) is 0 Å². The van der Waals surface area contributed by atoms with Gasteiger partial charge in [-0.05, 0) is 30.2 Å². The van der Waals surface area contributed by atoms with Crippen molar-refractivity contribution in [3.05, 3.63) is 34.1 Å². The number of carbonyl (C=O) groups is 1. The third-order valence-electron chi connectivity index (χ3n) is 1.92. The lowest BCUT2D eigenvalue weighted by Crippen LogP contribution is -2.28. The van der Waals surface area contributed by atoms with E-state index >= 15 is 0 Å². The van der Waals surface area contributed by atoms with Crippen molar-refractivity contribution in [1.82, 2.24) is 0 Å². The van der Waals surface area contributed by atoms with Gasteiger partial charge in [-0.2, -0.15) is 0 Å². The standard InChI is InChI=1S/C9H10ClFN2O/c1-4-2-6(10)5(3-7(4)11)8(12)9(13)14/h2-3,8H,12H2,1H3,(H2,13,14). The zero-order chi connectivity index (χ0) is 10.9. The molecule has 1 aromatic carbocycles. The number of carbonyl (C=O) groups excluding carboxylic acids is 1. The van der Waals surface area contributed by atoms with E-state index in [1.165, 1.54) is 6.07 Å². The molecule has 0 heterocycles. The molecule has 0 fully saturated rings. The molecule has 14 heavy (non-hydrogen) atoms. The Labute approximate surface area is 85.8 Å². The number of hydrogen-bond acceptors (Lipinski definition) is 2. The molecule has 1 aromatic rings. The van der Waals surface area contributed by atoms with Crippen molar-refractivity contribution in [3.63, 3.8) is 0 Å². The highest BCUT2D eigenvalue weighted by Crippen LogP contribution is 2.24. The Hall–Kier alpha value is -1.13. The van der Waals surface area contributed by atoms with Gasteiger partial charge in [0.1, 0.15) is 11.9 Å². The van der Waals surface area contributed by atoms with Crippen molar-refractivity contribution in [3.8, 4) is 0 Å². The lowest BCUT2D eigenvalue weighted by atomic mass is 10.0. The summed E-state index contributed by atoms with van der Waals surface area (Å²) in [5.41, 5.74) is 11.0. The first kappa shape index (κ1) is 10.9. The van der Waals surface area contributed by atoms with Crippen LogP contribution in [-0.4, -0.2) is 5.91 Å². The van der Waals surface area contributed by atoms with Crippen LogP contribution in [-0.2, 0) is 4.79 Å². The van der Waals surface area contributed by atoms with Crippen LogP contribution in [0.25, 0.3) is 0 Å². The maximum Gasteiger partial charge on any atom is 0.238 e. The molecule has 0 aliphatic heterocycles. The minimum atomic E-state index is -1.07. The molecule has 0 spiro atoms. The number of aryl methyl sites for hydroxylation is 1. The Balaban J connectivity index is 3.22. The number of primary amides is 1. The fraction of sp³-hybridized carbons (Fsp3) is 0.222. The summed E-state index contributed by atoms with van der Waals surface area (Å²) < 4.78 is 13.1. The summed E-state index contributed by atoms with van der Waals surface area (Å²) >= 11 is 5.79. The third-order valence-corrected chi connectivity index (χ3v) is 2.25. The monoisotopic (exact) mass is 216 g/mol. The molecule has 3 nitrogen and oxygen atoms in total. The summed E-state index contributed by atoms with van der Waals surface area (Å²) in [6.07, 6.45) is 0. The number of amides is 1. The molecule has 1 amide bonds. The van der Waals surface area contributed by atoms with Crippen molar-refractivity contribution >= 4 is 17.5 Å². The van der Waals surface area contributed by atoms with Crippen LogP contribution in [0, 0.1) is 12.7 Å². The predicted octanol–water partition coefficient (Wildman–Crippen LogP) is 1.27. The lowest BCUT2D eigenvalue weighted by molar-refractivity contribution is -0.119. The number of rotatable bonds is 2. The van der Waals surface area contributed by atoms with Crippen LogP contribution in [0.2, 0.25) is 5.02 Å². The normalized spacial score (nSPS) is 12.6. The average Bonchev–Trinajstić information content (AvgIpc) is 2.10. The molecule has 1 rings (SSSR count). The molecular weight excluding hydrogens is 207 g/mol. The maximum atomic E-state index is 13.1. The zero-order valence-corrected chi connectivity index (χ0v) is 8.31. The fourth-order valence-corrected chi connectivity index (χ4v) is 1.39. The zero-order valence-electron chi connectivity index (χ0n) is 7.55. The van der Waals surface area contributed by atoms with E-state index in [9.17, 15) is 9.18 Å². The molecule has 0 aromatic heterocycles. The van der Waals surface area contributed by atoms with E-state index in [4.69, 9.17) is 23.1 Å². The Morgan fingerprint density at radius 1 is 1.57 bits per heavy atom. The SMILES string of the molecule is Cc1cc(Cl)c(C(N)C(N)=O)cc1F. The van der Waals surface area contributed by atoms with Gasteiger partial charge in [0.05, 0.1) is 0 Å². The Morgan fingerprint density at radius 3 is 2.64 bits per heavy atom. The number of nitrogens with two attached hydrogens (primary N) is 2. The summed E-state index contributed by atoms with van der Waals surface area (Å²) in [6, 6.07) is 1.47. The molecule has 4 N–H and O–H groups in total. The van der Waals surface area contributed by atoms with E-state index in [0.717, 1.165) is 6.07 Å². The van der Waals surface area contributed by atoms with Gasteiger partial charge in [0.15, 0.2) is 0 Å².